The summed E-state index contributed by atoms with van der Waals surface area (Å²) in [4.78, 5) is 26.3. The van der Waals surface area contributed by atoms with Gasteiger partial charge >= 0.3 is 0 Å². The Hall–Kier alpha value is -2.83. The van der Waals surface area contributed by atoms with E-state index in [4.69, 9.17) is 5.73 Å². The van der Waals surface area contributed by atoms with Crippen LogP contribution in [0.3, 0.4) is 0 Å². The molecule has 0 spiro atoms. The van der Waals surface area contributed by atoms with Crippen molar-refractivity contribution in [1.82, 2.24) is 14.9 Å². The number of amides is 1. The maximum absolute atomic E-state index is 13.2. The van der Waals surface area contributed by atoms with Gasteiger partial charge in [-0.25, -0.2) is 4.98 Å². The SMILES string of the molecule is CCNc1ncc2c(n1)N1CCC[C@H]1CN(Cc1ccc(N)cc1)C2=O. The van der Waals surface area contributed by atoms with Gasteiger partial charge in [0.25, 0.3) is 5.91 Å². The average Bonchev–Trinajstić information content (AvgIpc) is 3.07. The first-order valence-electron chi connectivity index (χ1n) is 9.17. The van der Waals surface area contributed by atoms with E-state index in [1.54, 1.807) is 6.20 Å². The number of aromatic nitrogens is 2. The van der Waals surface area contributed by atoms with Crippen molar-refractivity contribution in [3.05, 3.63) is 41.6 Å². The predicted octanol–water partition coefficient (Wildman–Crippen LogP) is 2.12. The number of nitrogens with two attached hydrogens (primary N) is 1. The lowest BCUT2D eigenvalue weighted by Crippen LogP contribution is -2.39. The second-order valence-electron chi connectivity index (χ2n) is 6.88. The molecule has 1 fully saturated rings. The zero-order chi connectivity index (χ0) is 18.1. The van der Waals surface area contributed by atoms with Crippen LogP contribution in [-0.4, -0.2) is 46.5 Å². The van der Waals surface area contributed by atoms with Gasteiger partial charge in [0.1, 0.15) is 11.4 Å². The van der Waals surface area contributed by atoms with Crippen LogP contribution in [0.15, 0.2) is 30.5 Å². The summed E-state index contributed by atoms with van der Waals surface area (Å²) >= 11 is 0. The molecule has 136 valence electrons. The van der Waals surface area contributed by atoms with Gasteiger partial charge < -0.3 is 20.9 Å². The number of hydrogen-bond acceptors (Lipinski definition) is 6. The van der Waals surface area contributed by atoms with Crippen LogP contribution in [-0.2, 0) is 6.54 Å². The lowest BCUT2D eigenvalue weighted by atomic mass is 10.1. The van der Waals surface area contributed by atoms with Crippen molar-refractivity contribution in [2.75, 3.05) is 35.6 Å². The van der Waals surface area contributed by atoms with Crippen LogP contribution >= 0.6 is 0 Å². The van der Waals surface area contributed by atoms with Gasteiger partial charge in [0.05, 0.1) is 0 Å². The van der Waals surface area contributed by atoms with Crippen molar-refractivity contribution in [2.24, 2.45) is 0 Å². The third kappa shape index (κ3) is 3.05. The molecule has 2 aromatic rings. The summed E-state index contributed by atoms with van der Waals surface area (Å²) in [5.74, 6) is 1.34. The van der Waals surface area contributed by atoms with Gasteiger partial charge in [-0.05, 0) is 37.5 Å². The second kappa shape index (κ2) is 6.82. The Balaban J connectivity index is 1.68. The second-order valence-corrected chi connectivity index (χ2v) is 6.88. The number of rotatable bonds is 4. The molecule has 2 aliphatic heterocycles. The molecule has 1 saturated heterocycles. The van der Waals surface area contributed by atoms with E-state index in [2.05, 4.69) is 20.2 Å². The van der Waals surface area contributed by atoms with Crippen molar-refractivity contribution in [3.8, 4) is 0 Å². The molecular weight excluding hydrogens is 328 g/mol. The minimum atomic E-state index is -0.00530. The normalized spacial score (nSPS) is 19.1. The first kappa shape index (κ1) is 16.6. The first-order valence-corrected chi connectivity index (χ1v) is 9.17. The molecule has 3 heterocycles. The molecule has 1 amide bonds. The van der Waals surface area contributed by atoms with Crippen LogP contribution in [0.1, 0.15) is 35.7 Å². The smallest absolute Gasteiger partial charge is 0.259 e. The fourth-order valence-electron chi connectivity index (χ4n) is 3.78. The number of nitrogens with one attached hydrogen (secondary N) is 1. The Morgan fingerprint density at radius 1 is 1.31 bits per heavy atom. The molecule has 4 rings (SSSR count). The number of fused-ring (bicyclic) bond motifs is 3. The number of nitrogen functional groups attached to an aromatic ring is 1. The molecule has 0 saturated carbocycles. The van der Waals surface area contributed by atoms with E-state index >= 15 is 0 Å². The highest BCUT2D eigenvalue weighted by Crippen LogP contribution is 2.32. The van der Waals surface area contributed by atoms with Crippen molar-refractivity contribution in [3.63, 3.8) is 0 Å². The third-order valence-corrected chi connectivity index (χ3v) is 5.05. The number of benzene rings is 1. The van der Waals surface area contributed by atoms with E-state index in [-0.39, 0.29) is 5.91 Å². The number of carbonyl (C=O) groups is 1. The Bertz CT molecular complexity index is 806. The van der Waals surface area contributed by atoms with Crippen molar-refractivity contribution in [2.45, 2.75) is 32.4 Å². The van der Waals surface area contributed by atoms with E-state index in [1.807, 2.05) is 36.1 Å². The van der Waals surface area contributed by atoms with Crippen LogP contribution in [0, 0.1) is 0 Å². The summed E-state index contributed by atoms with van der Waals surface area (Å²) in [6, 6.07) is 8.01. The summed E-state index contributed by atoms with van der Waals surface area (Å²) in [7, 11) is 0. The van der Waals surface area contributed by atoms with Crippen molar-refractivity contribution >= 4 is 23.4 Å². The molecule has 7 heteroatoms. The van der Waals surface area contributed by atoms with Crippen LogP contribution in [0.25, 0.3) is 0 Å². The third-order valence-electron chi connectivity index (χ3n) is 5.05. The molecule has 2 aliphatic rings. The highest BCUT2D eigenvalue weighted by atomic mass is 16.2. The number of anilines is 3. The molecule has 3 N–H and O–H groups in total. The highest BCUT2D eigenvalue weighted by molar-refractivity contribution is 5.99. The monoisotopic (exact) mass is 352 g/mol. The topological polar surface area (TPSA) is 87.4 Å². The molecule has 0 bridgehead atoms. The minimum Gasteiger partial charge on any atom is -0.399 e. The van der Waals surface area contributed by atoms with Crippen LogP contribution in [0.5, 0.6) is 0 Å². The number of hydrogen-bond donors (Lipinski definition) is 2. The van der Waals surface area contributed by atoms with Gasteiger partial charge in [-0.2, -0.15) is 4.98 Å². The van der Waals surface area contributed by atoms with Crippen molar-refractivity contribution in [1.29, 1.82) is 0 Å². The fourth-order valence-corrected chi connectivity index (χ4v) is 3.78. The molecule has 1 aromatic carbocycles. The maximum Gasteiger partial charge on any atom is 0.259 e. The van der Waals surface area contributed by atoms with Gasteiger partial charge in [-0.3, -0.25) is 4.79 Å². The van der Waals surface area contributed by atoms with E-state index in [0.717, 1.165) is 43.0 Å². The summed E-state index contributed by atoms with van der Waals surface area (Å²) < 4.78 is 0. The largest absolute Gasteiger partial charge is 0.399 e. The van der Waals surface area contributed by atoms with E-state index < -0.39 is 0 Å². The fraction of sp³-hybridized carbons (Fsp3) is 0.421. The lowest BCUT2D eigenvalue weighted by Gasteiger charge is -2.27. The zero-order valence-electron chi connectivity index (χ0n) is 15.0. The van der Waals surface area contributed by atoms with E-state index in [0.29, 0.717) is 30.6 Å². The average molecular weight is 352 g/mol. The van der Waals surface area contributed by atoms with Gasteiger partial charge in [0, 0.05) is 44.1 Å². The van der Waals surface area contributed by atoms with Crippen molar-refractivity contribution < 1.29 is 4.79 Å². The summed E-state index contributed by atoms with van der Waals surface area (Å²) in [5.41, 5.74) is 8.17. The molecule has 0 radical (unpaired) electrons. The Morgan fingerprint density at radius 2 is 2.12 bits per heavy atom. The molecule has 0 aliphatic carbocycles. The highest BCUT2D eigenvalue weighted by Gasteiger charge is 2.36. The van der Waals surface area contributed by atoms with Gasteiger partial charge in [-0.1, -0.05) is 12.1 Å². The van der Waals surface area contributed by atoms with Crippen LogP contribution in [0.2, 0.25) is 0 Å². The molecule has 26 heavy (non-hydrogen) atoms. The van der Waals surface area contributed by atoms with E-state index in [1.165, 1.54) is 0 Å². The summed E-state index contributed by atoms with van der Waals surface area (Å²) in [6.45, 7) is 4.96. The van der Waals surface area contributed by atoms with E-state index in [9.17, 15) is 4.79 Å². The standard InChI is InChI=1S/C19H24N6O/c1-2-21-19-22-10-16-17(23-19)25-9-3-4-15(25)12-24(18(16)26)11-13-5-7-14(20)8-6-13/h5-8,10,15H,2-4,9,11-12,20H2,1H3,(H,21,22,23)/t15-/m0/s1. The lowest BCUT2D eigenvalue weighted by molar-refractivity contribution is 0.0741. The molecule has 0 unspecified atom stereocenters. The minimum absolute atomic E-state index is 0.00530. The molecular formula is C19H24N6O. The Morgan fingerprint density at radius 3 is 2.88 bits per heavy atom. The maximum atomic E-state index is 13.2. The Kier molecular flexibility index (Phi) is 4.36. The van der Waals surface area contributed by atoms with Crippen LogP contribution < -0.4 is 16.0 Å². The quantitative estimate of drug-likeness (QED) is 0.820. The first-order chi connectivity index (χ1) is 12.7. The number of nitrogens with zero attached hydrogens (tertiary/aromatic N) is 4. The van der Waals surface area contributed by atoms with Gasteiger partial charge in [-0.15, -0.1) is 0 Å². The zero-order valence-corrected chi connectivity index (χ0v) is 15.0. The molecule has 1 atom stereocenters. The molecule has 7 nitrogen and oxygen atoms in total. The summed E-state index contributed by atoms with van der Waals surface area (Å²) in [6.07, 6.45) is 3.86. The molecule has 1 aromatic heterocycles. The number of carbonyl (C=O) groups excluding carboxylic acids is 1. The van der Waals surface area contributed by atoms with Gasteiger partial charge in [0.2, 0.25) is 5.95 Å². The Labute approximate surface area is 153 Å². The van der Waals surface area contributed by atoms with Gasteiger partial charge in [0.15, 0.2) is 0 Å². The van der Waals surface area contributed by atoms with Crippen LogP contribution in [0.4, 0.5) is 17.5 Å². The predicted molar refractivity (Wildman–Crippen MR) is 102 cm³/mol. The summed E-state index contributed by atoms with van der Waals surface area (Å²) in [5, 5.41) is 3.14.